The molecule has 6 nitrogen and oxygen atoms in total. The standard InChI is InChI=1S/C22H16F4N2O4S/c1-11-17-19(30)27-21(31)28(10-16(29)22(24,25)26)20(17)33-18(11)12-6-8-13(9-7-12)32-15-5-3-2-4-14(15)23/h2-9,16,29H,10H2,1H3,(H,27,30,31). The number of alkyl halides is 3. The minimum Gasteiger partial charge on any atom is -0.454 e. The SMILES string of the molecule is Cc1c(-c2ccc(Oc3ccccc3F)cc2)sc2c1c(=O)[nH]c(=O)n2CC(O)C(F)(F)F. The Morgan fingerprint density at radius 2 is 1.79 bits per heavy atom. The van der Waals surface area contributed by atoms with E-state index in [0.29, 0.717) is 26.3 Å². The summed E-state index contributed by atoms with van der Waals surface area (Å²) in [4.78, 5) is 27.2. The number of thiophene rings is 1. The van der Waals surface area contributed by atoms with E-state index in [1.807, 2.05) is 4.98 Å². The van der Waals surface area contributed by atoms with Gasteiger partial charge in [0.2, 0.25) is 0 Å². The molecule has 11 heteroatoms. The van der Waals surface area contributed by atoms with Gasteiger partial charge in [0.1, 0.15) is 10.6 Å². The van der Waals surface area contributed by atoms with Crippen LogP contribution in [0.15, 0.2) is 58.1 Å². The van der Waals surface area contributed by atoms with Gasteiger partial charge in [-0.25, -0.2) is 9.18 Å². The highest BCUT2D eigenvalue weighted by Gasteiger charge is 2.39. The minimum atomic E-state index is -4.93. The van der Waals surface area contributed by atoms with Crippen molar-refractivity contribution in [3.8, 4) is 21.9 Å². The summed E-state index contributed by atoms with van der Waals surface area (Å²) in [5.41, 5.74) is -0.692. The Kier molecular flexibility index (Phi) is 5.85. The largest absolute Gasteiger partial charge is 0.454 e. The molecule has 172 valence electrons. The average molecular weight is 480 g/mol. The number of hydrogen-bond donors (Lipinski definition) is 2. The fourth-order valence-corrected chi connectivity index (χ4v) is 4.64. The third-order valence-electron chi connectivity index (χ3n) is 4.98. The quantitative estimate of drug-likeness (QED) is 0.410. The lowest BCUT2D eigenvalue weighted by molar-refractivity contribution is -0.207. The van der Waals surface area contributed by atoms with Crippen LogP contribution in [0.5, 0.6) is 11.5 Å². The number of hydrogen-bond acceptors (Lipinski definition) is 5. The Hall–Kier alpha value is -3.44. The molecule has 1 unspecified atom stereocenters. The summed E-state index contributed by atoms with van der Waals surface area (Å²) >= 11 is 0.961. The summed E-state index contributed by atoms with van der Waals surface area (Å²) in [7, 11) is 0. The van der Waals surface area contributed by atoms with E-state index in [4.69, 9.17) is 4.74 Å². The molecule has 0 bridgehead atoms. The van der Waals surface area contributed by atoms with Crippen LogP contribution >= 0.6 is 11.3 Å². The summed E-state index contributed by atoms with van der Waals surface area (Å²) in [6.07, 6.45) is -7.70. The van der Waals surface area contributed by atoms with Gasteiger partial charge < -0.3 is 9.84 Å². The first-order chi connectivity index (χ1) is 15.6. The lowest BCUT2D eigenvalue weighted by Crippen LogP contribution is -2.38. The number of fused-ring (bicyclic) bond motifs is 1. The van der Waals surface area contributed by atoms with Crippen LogP contribution in [0.3, 0.4) is 0 Å². The van der Waals surface area contributed by atoms with Gasteiger partial charge in [0.25, 0.3) is 5.56 Å². The van der Waals surface area contributed by atoms with Gasteiger partial charge in [-0.05, 0) is 54.4 Å². The topological polar surface area (TPSA) is 84.3 Å². The third-order valence-corrected chi connectivity index (χ3v) is 6.34. The Bertz CT molecular complexity index is 1440. The highest BCUT2D eigenvalue weighted by Crippen LogP contribution is 2.37. The molecule has 0 aliphatic heterocycles. The van der Waals surface area contributed by atoms with Gasteiger partial charge in [-0.15, -0.1) is 11.3 Å². The molecule has 0 fully saturated rings. The fraction of sp³-hybridized carbons (Fsp3) is 0.182. The van der Waals surface area contributed by atoms with Crippen LogP contribution in [0.2, 0.25) is 0 Å². The average Bonchev–Trinajstić information content (AvgIpc) is 3.10. The molecule has 2 heterocycles. The number of nitrogens with zero attached hydrogens (tertiary/aromatic N) is 1. The second-order valence-corrected chi connectivity index (χ2v) is 8.22. The molecule has 0 aliphatic rings. The second kappa shape index (κ2) is 8.49. The molecule has 33 heavy (non-hydrogen) atoms. The highest BCUT2D eigenvalue weighted by atomic mass is 32.1. The van der Waals surface area contributed by atoms with Crippen molar-refractivity contribution in [1.82, 2.24) is 9.55 Å². The van der Waals surface area contributed by atoms with Gasteiger partial charge in [0, 0.05) is 4.88 Å². The van der Waals surface area contributed by atoms with E-state index in [0.717, 1.165) is 11.3 Å². The number of ether oxygens (including phenoxy) is 1. The Morgan fingerprint density at radius 3 is 2.42 bits per heavy atom. The predicted octanol–water partition coefficient (Wildman–Crippen LogP) is 4.58. The van der Waals surface area contributed by atoms with Crippen molar-refractivity contribution in [2.45, 2.75) is 25.7 Å². The van der Waals surface area contributed by atoms with Crippen LogP contribution < -0.4 is 16.0 Å². The molecular weight excluding hydrogens is 464 g/mol. The van der Waals surface area contributed by atoms with Crippen LogP contribution in [0.1, 0.15) is 5.56 Å². The molecule has 4 rings (SSSR count). The lowest BCUT2D eigenvalue weighted by Gasteiger charge is -2.15. The molecule has 0 spiro atoms. The molecule has 4 aromatic rings. The van der Waals surface area contributed by atoms with Gasteiger partial charge >= 0.3 is 11.9 Å². The zero-order chi connectivity index (χ0) is 23.9. The molecule has 0 amide bonds. The first-order valence-corrected chi connectivity index (χ1v) is 10.4. The van der Waals surface area contributed by atoms with E-state index in [1.165, 1.54) is 18.2 Å². The van der Waals surface area contributed by atoms with E-state index in [1.54, 1.807) is 37.3 Å². The van der Waals surface area contributed by atoms with Gasteiger partial charge in [-0.2, -0.15) is 13.2 Å². The van der Waals surface area contributed by atoms with Gasteiger partial charge in [0.05, 0.1) is 11.9 Å². The van der Waals surface area contributed by atoms with Crippen molar-refractivity contribution in [1.29, 1.82) is 0 Å². The number of aromatic amines is 1. The van der Waals surface area contributed by atoms with E-state index in [2.05, 4.69) is 0 Å². The smallest absolute Gasteiger partial charge is 0.416 e. The third kappa shape index (κ3) is 4.41. The van der Waals surface area contributed by atoms with Crippen molar-refractivity contribution in [2.24, 2.45) is 0 Å². The van der Waals surface area contributed by atoms with Crippen molar-refractivity contribution in [3.05, 3.63) is 80.7 Å². The summed E-state index contributed by atoms with van der Waals surface area (Å²) in [5.74, 6) is -0.132. The van der Waals surface area contributed by atoms with Crippen molar-refractivity contribution < 1.29 is 27.4 Å². The number of H-pyrrole nitrogens is 1. The minimum absolute atomic E-state index is 0.0197. The predicted molar refractivity (Wildman–Crippen MR) is 115 cm³/mol. The van der Waals surface area contributed by atoms with Crippen molar-refractivity contribution in [2.75, 3.05) is 0 Å². The maximum atomic E-state index is 13.8. The molecule has 2 N–H and O–H groups in total. The number of nitrogens with one attached hydrogen (secondary N) is 1. The van der Waals surface area contributed by atoms with Crippen LogP contribution in [0.4, 0.5) is 17.6 Å². The molecule has 2 aromatic carbocycles. The Balaban J connectivity index is 1.74. The summed E-state index contributed by atoms with van der Waals surface area (Å²) in [6, 6.07) is 12.3. The van der Waals surface area contributed by atoms with Crippen LogP contribution in [0.25, 0.3) is 20.7 Å². The Labute approximate surface area is 187 Å². The zero-order valence-corrected chi connectivity index (χ0v) is 17.8. The normalized spacial score (nSPS) is 12.8. The number of rotatable bonds is 5. The van der Waals surface area contributed by atoms with Gasteiger partial charge in [-0.3, -0.25) is 14.3 Å². The maximum Gasteiger partial charge on any atom is 0.416 e. The monoisotopic (exact) mass is 480 g/mol. The van der Waals surface area contributed by atoms with Gasteiger partial charge in [-0.1, -0.05) is 12.1 Å². The molecule has 0 aliphatic carbocycles. The Morgan fingerprint density at radius 1 is 1.12 bits per heavy atom. The zero-order valence-electron chi connectivity index (χ0n) is 16.9. The van der Waals surface area contributed by atoms with E-state index >= 15 is 0 Å². The summed E-state index contributed by atoms with van der Waals surface area (Å²) < 4.78 is 58.6. The van der Waals surface area contributed by atoms with Gasteiger partial charge in [0.15, 0.2) is 17.7 Å². The number of para-hydroxylation sites is 1. The number of halogens is 4. The summed E-state index contributed by atoms with van der Waals surface area (Å²) in [6.45, 7) is 0.562. The van der Waals surface area contributed by atoms with Crippen LogP contribution in [-0.2, 0) is 6.54 Å². The van der Waals surface area contributed by atoms with E-state index < -0.39 is 35.9 Å². The fourth-order valence-electron chi connectivity index (χ4n) is 3.32. The molecule has 0 saturated carbocycles. The molecule has 0 radical (unpaired) electrons. The highest BCUT2D eigenvalue weighted by molar-refractivity contribution is 7.22. The lowest BCUT2D eigenvalue weighted by atomic mass is 10.1. The first kappa shape index (κ1) is 22.7. The summed E-state index contributed by atoms with van der Waals surface area (Å²) in [5, 5.41) is 9.51. The molecule has 2 aromatic heterocycles. The van der Waals surface area contributed by atoms with Crippen molar-refractivity contribution >= 4 is 21.6 Å². The first-order valence-electron chi connectivity index (χ1n) is 9.60. The molecule has 0 saturated heterocycles. The van der Waals surface area contributed by atoms with Crippen LogP contribution in [0, 0.1) is 12.7 Å². The van der Waals surface area contributed by atoms with E-state index in [9.17, 15) is 32.3 Å². The van der Waals surface area contributed by atoms with E-state index in [-0.39, 0.29) is 16.0 Å². The number of aliphatic hydroxyl groups is 1. The second-order valence-electron chi connectivity index (χ2n) is 7.22. The van der Waals surface area contributed by atoms with Crippen molar-refractivity contribution in [3.63, 3.8) is 0 Å². The number of aromatic nitrogens is 2. The van der Waals surface area contributed by atoms with Crippen LogP contribution in [-0.4, -0.2) is 26.9 Å². The molecular formula is C22H16F4N2O4S. The number of aliphatic hydroxyl groups excluding tert-OH is 1. The number of benzene rings is 2. The molecule has 1 atom stereocenters. The maximum absolute atomic E-state index is 13.8. The number of aryl methyl sites for hydroxylation is 1.